The molecule has 0 aliphatic heterocycles. The molecule has 0 bridgehead atoms. The molecule has 0 fully saturated rings. The van der Waals surface area contributed by atoms with Crippen LogP contribution in [0, 0.1) is 0 Å². The number of thiophene rings is 1. The Balaban J connectivity index is 2.00. The quantitative estimate of drug-likeness (QED) is 0.761. The van der Waals surface area contributed by atoms with E-state index in [0.29, 0.717) is 0 Å². The van der Waals surface area contributed by atoms with Crippen molar-refractivity contribution in [2.75, 3.05) is 6.54 Å². The monoisotopic (exact) mass is 292 g/mol. The second-order valence-corrected chi connectivity index (χ2v) is 6.11. The van der Waals surface area contributed by atoms with Crippen molar-refractivity contribution < 1.29 is 0 Å². The van der Waals surface area contributed by atoms with Crippen LogP contribution in [0.15, 0.2) is 12.1 Å². The van der Waals surface area contributed by atoms with Crippen LogP contribution in [-0.2, 0) is 25.9 Å². The normalized spacial score (nSPS) is 11.2. The Kier molecular flexibility index (Phi) is 5.73. The van der Waals surface area contributed by atoms with Crippen LogP contribution in [0.2, 0.25) is 0 Å². The van der Waals surface area contributed by atoms with Crippen molar-refractivity contribution in [2.45, 2.75) is 53.1 Å². The Morgan fingerprint density at radius 1 is 1.15 bits per heavy atom. The van der Waals surface area contributed by atoms with E-state index in [1.165, 1.54) is 16.2 Å². The summed E-state index contributed by atoms with van der Waals surface area (Å²) in [6.07, 6.45) is 3.01. The molecule has 0 amide bonds. The zero-order valence-corrected chi connectivity index (χ0v) is 13.5. The van der Waals surface area contributed by atoms with Crippen LogP contribution in [0.25, 0.3) is 0 Å². The Morgan fingerprint density at radius 3 is 2.65 bits per heavy atom. The molecule has 20 heavy (non-hydrogen) atoms. The third-order valence-electron chi connectivity index (χ3n) is 3.17. The van der Waals surface area contributed by atoms with Gasteiger partial charge < -0.3 is 5.32 Å². The molecule has 1 N–H and O–H groups in total. The van der Waals surface area contributed by atoms with E-state index in [1.807, 2.05) is 16.0 Å². The third kappa shape index (κ3) is 3.90. The number of nitrogens with zero attached hydrogens (tertiary/aromatic N) is 3. The van der Waals surface area contributed by atoms with Gasteiger partial charge in [-0.3, -0.25) is 0 Å². The highest BCUT2D eigenvalue weighted by atomic mass is 32.1. The second-order valence-electron chi connectivity index (χ2n) is 4.85. The molecule has 0 aromatic carbocycles. The largest absolute Gasteiger partial charge is 0.312 e. The lowest BCUT2D eigenvalue weighted by molar-refractivity contribution is 0.643. The molecule has 0 radical (unpaired) electrons. The summed E-state index contributed by atoms with van der Waals surface area (Å²) in [5.41, 5.74) is 0. The molecular weight excluding hydrogens is 268 g/mol. The van der Waals surface area contributed by atoms with Crippen LogP contribution in [0.5, 0.6) is 0 Å². The van der Waals surface area contributed by atoms with E-state index in [1.54, 1.807) is 0 Å². The predicted molar refractivity (Wildman–Crippen MR) is 84.2 cm³/mol. The average molecular weight is 292 g/mol. The first-order chi connectivity index (χ1) is 9.76. The minimum Gasteiger partial charge on any atom is -0.312 e. The zero-order chi connectivity index (χ0) is 14.4. The van der Waals surface area contributed by atoms with Crippen molar-refractivity contribution in [3.63, 3.8) is 0 Å². The fourth-order valence-electron chi connectivity index (χ4n) is 2.10. The van der Waals surface area contributed by atoms with Gasteiger partial charge in [-0.1, -0.05) is 20.8 Å². The molecule has 0 saturated heterocycles. The standard InChI is InChI=1S/C15H24N4S/c1-4-9-16-10-12-7-8-13(20-12)11-19-15(6-3)17-14(5-2)18-19/h7-8,16H,4-6,9-11H2,1-3H3. The molecular formula is C15H24N4S. The van der Waals surface area contributed by atoms with Gasteiger partial charge in [0.05, 0.1) is 6.54 Å². The van der Waals surface area contributed by atoms with E-state index in [2.05, 4.69) is 48.3 Å². The van der Waals surface area contributed by atoms with Gasteiger partial charge in [0.25, 0.3) is 0 Å². The number of aromatic nitrogens is 3. The maximum Gasteiger partial charge on any atom is 0.150 e. The fourth-order valence-corrected chi connectivity index (χ4v) is 3.07. The molecule has 0 unspecified atom stereocenters. The second kappa shape index (κ2) is 7.55. The van der Waals surface area contributed by atoms with Gasteiger partial charge in [-0.25, -0.2) is 9.67 Å². The van der Waals surface area contributed by atoms with Gasteiger partial charge in [-0.2, -0.15) is 5.10 Å². The highest BCUT2D eigenvalue weighted by Gasteiger charge is 2.09. The van der Waals surface area contributed by atoms with E-state index >= 15 is 0 Å². The minimum absolute atomic E-state index is 0.842. The Morgan fingerprint density at radius 2 is 1.95 bits per heavy atom. The summed E-state index contributed by atoms with van der Waals surface area (Å²) in [6, 6.07) is 4.42. The van der Waals surface area contributed by atoms with Crippen LogP contribution in [0.1, 0.15) is 48.6 Å². The molecule has 0 aliphatic rings. The molecule has 4 nitrogen and oxygen atoms in total. The number of nitrogens with one attached hydrogen (secondary N) is 1. The summed E-state index contributed by atoms with van der Waals surface area (Å²) < 4.78 is 2.05. The summed E-state index contributed by atoms with van der Waals surface area (Å²) in [7, 11) is 0. The Labute approximate surface area is 125 Å². The lowest BCUT2D eigenvalue weighted by Gasteiger charge is -2.02. The fraction of sp³-hybridized carbons (Fsp3) is 0.600. The topological polar surface area (TPSA) is 42.7 Å². The van der Waals surface area contributed by atoms with Crippen LogP contribution in [0.4, 0.5) is 0 Å². The average Bonchev–Trinajstić information content (AvgIpc) is 3.06. The molecule has 110 valence electrons. The summed E-state index contributed by atoms with van der Waals surface area (Å²) in [6.45, 7) is 9.31. The molecule has 2 heterocycles. The first-order valence-electron chi connectivity index (χ1n) is 7.47. The number of hydrogen-bond acceptors (Lipinski definition) is 4. The van der Waals surface area contributed by atoms with Crippen LogP contribution < -0.4 is 5.32 Å². The molecule has 0 saturated carbocycles. The summed E-state index contributed by atoms with van der Waals surface area (Å²) in [5.74, 6) is 2.03. The lowest BCUT2D eigenvalue weighted by Crippen LogP contribution is -2.12. The van der Waals surface area contributed by atoms with Gasteiger partial charge in [-0.05, 0) is 25.1 Å². The molecule has 2 aromatic rings. The van der Waals surface area contributed by atoms with Gasteiger partial charge >= 0.3 is 0 Å². The van der Waals surface area contributed by atoms with Gasteiger partial charge in [-0.15, -0.1) is 11.3 Å². The van der Waals surface area contributed by atoms with Crippen molar-refractivity contribution in [3.8, 4) is 0 Å². The van der Waals surface area contributed by atoms with Gasteiger partial charge in [0.15, 0.2) is 5.82 Å². The smallest absolute Gasteiger partial charge is 0.150 e. The number of rotatable bonds is 8. The maximum atomic E-state index is 4.58. The predicted octanol–water partition coefficient (Wildman–Crippen LogP) is 3.01. The van der Waals surface area contributed by atoms with E-state index in [0.717, 1.165) is 44.1 Å². The summed E-state index contributed by atoms with van der Waals surface area (Å²) >= 11 is 1.86. The van der Waals surface area contributed by atoms with Crippen LogP contribution in [-0.4, -0.2) is 21.3 Å². The van der Waals surface area contributed by atoms with Crippen LogP contribution in [0.3, 0.4) is 0 Å². The summed E-state index contributed by atoms with van der Waals surface area (Å²) in [5, 5.41) is 8.02. The molecule has 0 atom stereocenters. The molecule has 2 aromatic heterocycles. The Bertz CT molecular complexity index is 530. The zero-order valence-electron chi connectivity index (χ0n) is 12.6. The minimum atomic E-state index is 0.842. The van der Waals surface area contributed by atoms with Crippen molar-refractivity contribution in [3.05, 3.63) is 33.5 Å². The molecule has 2 rings (SSSR count). The third-order valence-corrected chi connectivity index (χ3v) is 4.24. The lowest BCUT2D eigenvalue weighted by atomic mass is 10.4. The van der Waals surface area contributed by atoms with Crippen molar-refractivity contribution >= 4 is 11.3 Å². The molecule has 0 aliphatic carbocycles. The SMILES string of the molecule is CCCNCc1ccc(Cn2nc(CC)nc2CC)s1. The van der Waals surface area contributed by atoms with Crippen LogP contribution >= 0.6 is 11.3 Å². The number of hydrogen-bond donors (Lipinski definition) is 1. The maximum absolute atomic E-state index is 4.58. The van der Waals surface area contributed by atoms with Gasteiger partial charge in [0, 0.05) is 29.1 Å². The first kappa shape index (κ1) is 15.2. The van der Waals surface area contributed by atoms with Gasteiger partial charge in [0.1, 0.15) is 5.82 Å². The van der Waals surface area contributed by atoms with Crippen molar-refractivity contribution in [1.29, 1.82) is 0 Å². The first-order valence-corrected chi connectivity index (χ1v) is 8.29. The van der Waals surface area contributed by atoms with Gasteiger partial charge in [0.2, 0.25) is 0 Å². The number of aryl methyl sites for hydroxylation is 2. The summed E-state index contributed by atoms with van der Waals surface area (Å²) in [4.78, 5) is 7.29. The van der Waals surface area contributed by atoms with E-state index in [4.69, 9.17) is 0 Å². The van der Waals surface area contributed by atoms with Crippen molar-refractivity contribution in [2.24, 2.45) is 0 Å². The molecule has 5 heteroatoms. The molecule has 0 spiro atoms. The van der Waals surface area contributed by atoms with E-state index in [-0.39, 0.29) is 0 Å². The van der Waals surface area contributed by atoms with E-state index < -0.39 is 0 Å². The van der Waals surface area contributed by atoms with Crippen molar-refractivity contribution in [1.82, 2.24) is 20.1 Å². The highest BCUT2D eigenvalue weighted by molar-refractivity contribution is 7.11. The Hall–Kier alpha value is -1.20. The highest BCUT2D eigenvalue weighted by Crippen LogP contribution is 2.18. The van der Waals surface area contributed by atoms with E-state index in [9.17, 15) is 0 Å².